The van der Waals surface area contributed by atoms with Crippen molar-refractivity contribution in [2.75, 3.05) is 12.4 Å². The van der Waals surface area contributed by atoms with Gasteiger partial charge in [-0.2, -0.15) is 18.4 Å². The van der Waals surface area contributed by atoms with Crippen LogP contribution in [0, 0.1) is 17.1 Å². The molecule has 0 atom stereocenters. The standard InChI is InChI=1S/C16H11F4N3O/c1-23-9-10(16(18,19)20)6-7-14(23)11(8-21)15(24)22-13-5-3-2-4-12(13)17/h2-7,9H,1H3,(H,22,24). The Morgan fingerprint density at radius 2 is 1.92 bits per heavy atom. The van der Waals surface area contributed by atoms with Crippen LogP contribution in [-0.4, -0.2) is 24.0 Å². The third-order valence-corrected chi connectivity index (χ3v) is 3.18. The molecular weight excluding hydrogens is 326 g/mol. The zero-order chi connectivity index (χ0) is 17.9. The van der Waals surface area contributed by atoms with Gasteiger partial charge in [0, 0.05) is 13.2 Å². The van der Waals surface area contributed by atoms with E-state index < -0.39 is 29.0 Å². The van der Waals surface area contributed by atoms with E-state index in [1.807, 2.05) is 0 Å². The first-order valence-corrected chi connectivity index (χ1v) is 6.64. The number of carbonyl (C=O) groups is 1. The van der Waals surface area contributed by atoms with Gasteiger partial charge >= 0.3 is 6.18 Å². The van der Waals surface area contributed by atoms with Gasteiger partial charge in [-0.3, -0.25) is 4.79 Å². The second-order valence-electron chi connectivity index (χ2n) is 4.83. The van der Waals surface area contributed by atoms with E-state index in [1.165, 1.54) is 25.2 Å². The average molecular weight is 337 g/mol. The SMILES string of the molecule is CN1C=C(C(F)(F)F)C=CC1=C(C#N)C(=O)Nc1ccccc1F. The highest BCUT2D eigenvalue weighted by Crippen LogP contribution is 2.31. The van der Waals surface area contributed by atoms with E-state index >= 15 is 0 Å². The number of anilines is 1. The number of nitriles is 1. The van der Waals surface area contributed by atoms with E-state index in [9.17, 15) is 27.6 Å². The highest BCUT2D eigenvalue weighted by atomic mass is 19.4. The molecule has 1 aliphatic rings. The minimum Gasteiger partial charge on any atom is -0.349 e. The summed E-state index contributed by atoms with van der Waals surface area (Å²) in [6, 6.07) is 6.98. The molecule has 1 aromatic rings. The lowest BCUT2D eigenvalue weighted by Gasteiger charge is -2.23. The van der Waals surface area contributed by atoms with E-state index in [1.54, 1.807) is 6.07 Å². The normalized spacial score (nSPS) is 16.3. The number of nitrogens with zero attached hydrogens (tertiary/aromatic N) is 2. The van der Waals surface area contributed by atoms with Crippen molar-refractivity contribution in [2.24, 2.45) is 0 Å². The molecule has 124 valence electrons. The molecule has 1 heterocycles. The molecule has 0 radical (unpaired) electrons. The third-order valence-electron chi connectivity index (χ3n) is 3.18. The molecule has 1 aromatic carbocycles. The Morgan fingerprint density at radius 3 is 2.46 bits per heavy atom. The summed E-state index contributed by atoms with van der Waals surface area (Å²) in [5.41, 5.74) is -1.51. The molecule has 8 heteroatoms. The van der Waals surface area contributed by atoms with Gasteiger partial charge in [-0.15, -0.1) is 0 Å². The zero-order valence-electron chi connectivity index (χ0n) is 12.4. The maximum Gasteiger partial charge on any atom is 0.417 e. The summed E-state index contributed by atoms with van der Waals surface area (Å²) in [5, 5.41) is 11.4. The molecule has 4 nitrogen and oxygen atoms in total. The summed E-state index contributed by atoms with van der Waals surface area (Å²) in [6.45, 7) is 0. The van der Waals surface area contributed by atoms with Gasteiger partial charge in [-0.1, -0.05) is 12.1 Å². The van der Waals surface area contributed by atoms with Crippen molar-refractivity contribution < 1.29 is 22.4 Å². The van der Waals surface area contributed by atoms with E-state index in [2.05, 4.69) is 5.32 Å². The molecule has 0 aromatic heterocycles. The number of nitrogens with one attached hydrogen (secondary N) is 1. The number of rotatable bonds is 2. The summed E-state index contributed by atoms with van der Waals surface area (Å²) in [7, 11) is 1.28. The lowest BCUT2D eigenvalue weighted by Crippen LogP contribution is -2.24. The number of hydrogen-bond donors (Lipinski definition) is 1. The highest BCUT2D eigenvalue weighted by molar-refractivity contribution is 6.07. The number of alkyl halides is 3. The Bertz CT molecular complexity index is 800. The first-order chi connectivity index (χ1) is 11.2. The molecule has 0 spiro atoms. The van der Waals surface area contributed by atoms with E-state index in [4.69, 9.17) is 0 Å². The van der Waals surface area contributed by atoms with Crippen molar-refractivity contribution in [3.63, 3.8) is 0 Å². The van der Waals surface area contributed by atoms with E-state index in [0.29, 0.717) is 0 Å². The molecule has 0 bridgehead atoms. The van der Waals surface area contributed by atoms with Crippen molar-refractivity contribution >= 4 is 11.6 Å². The van der Waals surface area contributed by atoms with Gasteiger partial charge in [0.2, 0.25) is 0 Å². The fourth-order valence-electron chi connectivity index (χ4n) is 2.01. The summed E-state index contributed by atoms with van der Waals surface area (Å²) < 4.78 is 51.5. The number of likely N-dealkylation sites (N-methyl/N-ethyl adjacent to an activating group) is 1. The van der Waals surface area contributed by atoms with Crippen LogP contribution in [0.25, 0.3) is 0 Å². The Kier molecular flexibility index (Phi) is 4.74. The van der Waals surface area contributed by atoms with E-state index in [-0.39, 0.29) is 11.4 Å². The van der Waals surface area contributed by atoms with E-state index in [0.717, 1.165) is 29.3 Å². The molecule has 0 fully saturated rings. The monoisotopic (exact) mass is 337 g/mol. The van der Waals surface area contributed by atoms with Crippen molar-refractivity contribution in [1.82, 2.24) is 4.90 Å². The molecule has 24 heavy (non-hydrogen) atoms. The smallest absolute Gasteiger partial charge is 0.349 e. The Balaban J connectivity index is 2.32. The Hall–Kier alpha value is -3.08. The molecule has 0 saturated heterocycles. The van der Waals surface area contributed by atoms with Gasteiger partial charge in [0.25, 0.3) is 5.91 Å². The van der Waals surface area contributed by atoms with Gasteiger partial charge in [0.15, 0.2) is 0 Å². The van der Waals surface area contributed by atoms with Crippen LogP contribution >= 0.6 is 0 Å². The largest absolute Gasteiger partial charge is 0.417 e. The quantitative estimate of drug-likeness (QED) is 0.511. The van der Waals surface area contributed by atoms with Crippen LogP contribution < -0.4 is 5.32 Å². The molecular formula is C16H11F4N3O. The molecule has 0 aliphatic carbocycles. The maximum atomic E-state index is 13.5. The molecule has 1 amide bonds. The number of amides is 1. The van der Waals surface area contributed by atoms with Crippen molar-refractivity contribution in [3.8, 4) is 6.07 Å². The second kappa shape index (κ2) is 6.58. The number of allylic oxidation sites excluding steroid dienone is 3. The van der Waals surface area contributed by atoms with Crippen LogP contribution in [0.5, 0.6) is 0 Å². The van der Waals surface area contributed by atoms with Crippen LogP contribution in [0.1, 0.15) is 0 Å². The lowest BCUT2D eigenvalue weighted by atomic mass is 10.1. The minimum absolute atomic E-state index is 0.0284. The Labute approximate surface area is 135 Å². The van der Waals surface area contributed by atoms with Gasteiger partial charge in [0.1, 0.15) is 17.5 Å². The molecule has 2 rings (SSSR count). The lowest BCUT2D eigenvalue weighted by molar-refractivity contribution is -0.112. The molecule has 0 unspecified atom stereocenters. The summed E-state index contributed by atoms with van der Waals surface area (Å²) in [5.74, 6) is -1.61. The highest BCUT2D eigenvalue weighted by Gasteiger charge is 2.34. The first kappa shape index (κ1) is 17.3. The Morgan fingerprint density at radius 1 is 1.25 bits per heavy atom. The predicted molar refractivity (Wildman–Crippen MR) is 78.7 cm³/mol. The number of carbonyl (C=O) groups excluding carboxylic acids is 1. The number of hydrogen-bond acceptors (Lipinski definition) is 3. The van der Waals surface area contributed by atoms with Crippen LogP contribution in [-0.2, 0) is 4.79 Å². The average Bonchev–Trinajstić information content (AvgIpc) is 2.51. The molecule has 0 saturated carbocycles. The predicted octanol–water partition coefficient (Wildman–Crippen LogP) is 3.49. The summed E-state index contributed by atoms with van der Waals surface area (Å²) in [6.07, 6.45) is -1.99. The van der Waals surface area contributed by atoms with Crippen LogP contribution in [0.3, 0.4) is 0 Å². The minimum atomic E-state index is -4.54. The van der Waals surface area contributed by atoms with Crippen molar-refractivity contribution in [3.05, 3.63) is 65.3 Å². The second-order valence-corrected chi connectivity index (χ2v) is 4.83. The molecule has 1 aliphatic heterocycles. The van der Waals surface area contributed by atoms with Gasteiger partial charge in [0.05, 0.1) is 17.0 Å². The topological polar surface area (TPSA) is 56.1 Å². The zero-order valence-corrected chi connectivity index (χ0v) is 12.4. The fraction of sp³-hybridized carbons (Fsp3) is 0.125. The van der Waals surface area contributed by atoms with Crippen LogP contribution in [0.15, 0.2) is 59.5 Å². The number of halogens is 4. The third kappa shape index (κ3) is 3.63. The van der Waals surface area contributed by atoms with Gasteiger partial charge in [-0.25, -0.2) is 4.39 Å². The molecule has 1 N–H and O–H groups in total. The van der Waals surface area contributed by atoms with Gasteiger partial charge in [-0.05, 0) is 24.3 Å². The van der Waals surface area contributed by atoms with Crippen LogP contribution in [0.4, 0.5) is 23.2 Å². The summed E-state index contributed by atoms with van der Waals surface area (Å²) in [4.78, 5) is 13.2. The summed E-state index contributed by atoms with van der Waals surface area (Å²) >= 11 is 0. The fourth-order valence-corrected chi connectivity index (χ4v) is 2.01. The maximum absolute atomic E-state index is 13.5. The van der Waals surface area contributed by atoms with Crippen molar-refractivity contribution in [1.29, 1.82) is 5.26 Å². The number of benzene rings is 1. The van der Waals surface area contributed by atoms with Gasteiger partial charge < -0.3 is 10.2 Å². The van der Waals surface area contributed by atoms with Crippen molar-refractivity contribution in [2.45, 2.75) is 6.18 Å². The van der Waals surface area contributed by atoms with Crippen LogP contribution in [0.2, 0.25) is 0 Å². The number of para-hydroxylation sites is 1. The first-order valence-electron chi connectivity index (χ1n) is 6.64.